The number of alkyl halides is 3. The van der Waals surface area contributed by atoms with Crippen molar-refractivity contribution in [3.05, 3.63) is 59.2 Å². The second-order valence-corrected chi connectivity index (χ2v) is 12.0. The van der Waals surface area contributed by atoms with Gasteiger partial charge in [-0.2, -0.15) is 13.2 Å². The van der Waals surface area contributed by atoms with Crippen molar-refractivity contribution >= 4 is 27.3 Å². The van der Waals surface area contributed by atoms with Crippen LogP contribution in [0, 0.1) is 5.92 Å². The number of anilines is 1. The second-order valence-electron chi connectivity index (χ2n) is 9.95. The highest BCUT2D eigenvalue weighted by Gasteiger charge is 2.36. The van der Waals surface area contributed by atoms with E-state index in [1.807, 2.05) is 0 Å². The summed E-state index contributed by atoms with van der Waals surface area (Å²) in [7, 11) is -3.51. The molecule has 3 rings (SSSR count). The number of benzene rings is 2. The highest BCUT2D eigenvalue weighted by molar-refractivity contribution is 7.90. The number of sulfone groups is 1. The Balaban J connectivity index is 1.79. The van der Waals surface area contributed by atoms with Gasteiger partial charge in [-0.15, -0.1) is 0 Å². The van der Waals surface area contributed by atoms with Gasteiger partial charge in [0.25, 0.3) is 0 Å². The Labute approximate surface area is 221 Å². The van der Waals surface area contributed by atoms with E-state index in [-0.39, 0.29) is 34.8 Å². The van der Waals surface area contributed by atoms with Crippen LogP contribution >= 0.6 is 0 Å². The molecule has 1 saturated heterocycles. The third kappa shape index (κ3) is 7.35. The highest BCUT2D eigenvalue weighted by Crippen LogP contribution is 2.34. The molecule has 1 aliphatic rings. The van der Waals surface area contributed by atoms with Gasteiger partial charge in [0.05, 0.1) is 16.1 Å². The van der Waals surface area contributed by atoms with E-state index in [0.29, 0.717) is 31.2 Å². The molecule has 0 spiro atoms. The maximum Gasteiger partial charge on any atom is 0.416 e. The largest absolute Gasteiger partial charge is 0.416 e. The van der Waals surface area contributed by atoms with E-state index >= 15 is 0 Å². The molecule has 1 aliphatic heterocycles. The van der Waals surface area contributed by atoms with E-state index in [0.717, 1.165) is 31.2 Å². The molecule has 2 aromatic carbocycles. The fourth-order valence-corrected chi connectivity index (χ4v) is 5.29. The number of ketones is 1. The zero-order chi connectivity index (χ0) is 28.3. The standard InChI is InChI=1S/C27H33F3N2O5S/c1-4-18(5-2)17-26(35)10-12-32(13-11-26)25(34)31-22-15-20(14-21(16-22)27(28,29)30)24(33)19-6-8-23(9-7-19)38(3,36)37/h6-9,14-16,18,35H,4-5,10-13,17H2,1-3H3,(H,31,34). The molecule has 0 aliphatic carbocycles. The minimum Gasteiger partial charge on any atom is -0.390 e. The Bertz CT molecular complexity index is 1260. The first-order valence-corrected chi connectivity index (χ1v) is 14.4. The minimum atomic E-state index is -4.77. The first-order valence-electron chi connectivity index (χ1n) is 12.5. The number of aliphatic hydroxyl groups is 1. The number of nitrogens with one attached hydrogen (secondary N) is 1. The Morgan fingerprint density at radius 3 is 2.11 bits per heavy atom. The first-order chi connectivity index (χ1) is 17.6. The molecule has 7 nitrogen and oxygen atoms in total. The predicted molar refractivity (Wildman–Crippen MR) is 138 cm³/mol. The van der Waals surface area contributed by atoms with Crippen LogP contribution < -0.4 is 5.32 Å². The maximum absolute atomic E-state index is 13.6. The number of amides is 2. The van der Waals surface area contributed by atoms with Crippen LogP contribution in [-0.4, -0.2) is 55.2 Å². The summed E-state index contributed by atoms with van der Waals surface area (Å²) >= 11 is 0. The number of likely N-dealkylation sites (tertiary alicyclic amines) is 1. The molecule has 1 fully saturated rings. The summed E-state index contributed by atoms with van der Waals surface area (Å²) in [6.45, 7) is 4.64. The molecule has 0 radical (unpaired) electrons. The summed E-state index contributed by atoms with van der Waals surface area (Å²) in [6.07, 6.45) is -0.504. The number of hydrogen-bond acceptors (Lipinski definition) is 5. The van der Waals surface area contributed by atoms with Crippen LogP contribution in [-0.2, 0) is 16.0 Å². The summed E-state index contributed by atoms with van der Waals surface area (Å²) in [4.78, 5) is 27.2. The average Bonchev–Trinajstić information content (AvgIpc) is 2.86. The minimum absolute atomic E-state index is 0.00165. The van der Waals surface area contributed by atoms with Gasteiger partial charge < -0.3 is 15.3 Å². The monoisotopic (exact) mass is 554 g/mol. The molecule has 2 amide bonds. The van der Waals surface area contributed by atoms with E-state index in [4.69, 9.17) is 0 Å². The van der Waals surface area contributed by atoms with Gasteiger partial charge in [-0.25, -0.2) is 13.2 Å². The molecule has 0 atom stereocenters. The Morgan fingerprint density at radius 2 is 1.61 bits per heavy atom. The van der Waals surface area contributed by atoms with Crippen LogP contribution in [0.25, 0.3) is 0 Å². The fourth-order valence-electron chi connectivity index (χ4n) is 4.66. The van der Waals surface area contributed by atoms with Crippen LogP contribution in [0.3, 0.4) is 0 Å². The average molecular weight is 555 g/mol. The van der Waals surface area contributed by atoms with Crippen molar-refractivity contribution in [1.82, 2.24) is 4.90 Å². The first kappa shape index (κ1) is 29.6. The van der Waals surface area contributed by atoms with Gasteiger partial charge >= 0.3 is 12.2 Å². The summed E-state index contributed by atoms with van der Waals surface area (Å²) in [6, 6.07) is 6.87. The molecule has 0 aromatic heterocycles. The van der Waals surface area contributed by atoms with Crippen molar-refractivity contribution in [2.24, 2.45) is 5.92 Å². The smallest absolute Gasteiger partial charge is 0.390 e. The van der Waals surface area contributed by atoms with Crippen LogP contribution in [0.5, 0.6) is 0 Å². The number of nitrogens with zero attached hydrogens (tertiary/aromatic N) is 1. The van der Waals surface area contributed by atoms with Crippen molar-refractivity contribution < 1.29 is 36.3 Å². The lowest BCUT2D eigenvalue weighted by molar-refractivity contribution is -0.137. The molecular weight excluding hydrogens is 521 g/mol. The summed E-state index contributed by atoms with van der Waals surface area (Å²) in [5.41, 5.74) is -2.48. The van der Waals surface area contributed by atoms with Crippen molar-refractivity contribution in [2.75, 3.05) is 24.7 Å². The Morgan fingerprint density at radius 1 is 1.03 bits per heavy atom. The van der Waals surface area contributed by atoms with Crippen molar-refractivity contribution in [3.63, 3.8) is 0 Å². The topological polar surface area (TPSA) is 104 Å². The van der Waals surface area contributed by atoms with Crippen LogP contribution in [0.2, 0.25) is 0 Å². The number of urea groups is 1. The van der Waals surface area contributed by atoms with Gasteiger partial charge in [-0.05, 0) is 67.6 Å². The molecule has 11 heteroatoms. The third-order valence-electron chi connectivity index (χ3n) is 7.12. The van der Waals surface area contributed by atoms with E-state index < -0.39 is 39.0 Å². The molecule has 0 unspecified atom stereocenters. The Kier molecular flexibility index (Phi) is 8.93. The SMILES string of the molecule is CCC(CC)CC1(O)CCN(C(=O)Nc2cc(C(=O)c3ccc(S(C)(=O)=O)cc3)cc(C(F)(F)F)c2)CC1. The molecule has 208 valence electrons. The number of carbonyl (C=O) groups excluding carboxylic acids is 2. The van der Waals surface area contributed by atoms with Gasteiger partial charge in [0.2, 0.25) is 0 Å². The van der Waals surface area contributed by atoms with Crippen LogP contribution in [0.15, 0.2) is 47.4 Å². The van der Waals surface area contributed by atoms with Crippen LogP contribution in [0.1, 0.15) is 67.4 Å². The summed E-state index contributed by atoms with van der Waals surface area (Å²) < 4.78 is 64.1. The normalized spacial score (nSPS) is 15.9. The molecule has 1 heterocycles. The lowest BCUT2D eigenvalue weighted by Gasteiger charge is -2.39. The number of rotatable bonds is 8. The van der Waals surface area contributed by atoms with Gasteiger partial charge in [-0.1, -0.05) is 26.7 Å². The highest BCUT2D eigenvalue weighted by atomic mass is 32.2. The summed E-state index contributed by atoms with van der Waals surface area (Å²) in [5.74, 6) is -0.375. The number of carbonyl (C=O) groups is 2. The Hall–Kier alpha value is -2.92. The predicted octanol–water partition coefficient (Wildman–Crippen LogP) is 5.53. The van der Waals surface area contributed by atoms with Crippen molar-refractivity contribution in [2.45, 2.75) is 62.6 Å². The number of halogens is 3. The van der Waals surface area contributed by atoms with Crippen LogP contribution in [0.4, 0.5) is 23.7 Å². The lowest BCUT2D eigenvalue weighted by atomic mass is 9.81. The van der Waals surface area contributed by atoms with Gasteiger partial charge in [0.15, 0.2) is 15.6 Å². The molecule has 0 saturated carbocycles. The van der Waals surface area contributed by atoms with Gasteiger partial charge in [0.1, 0.15) is 0 Å². The van der Waals surface area contributed by atoms with Crippen molar-refractivity contribution in [3.8, 4) is 0 Å². The maximum atomic E-state index is 13.6. The second kappa shape index (κ2) is 11.4. The molecule has 0 bridgehead atoms. The van der Waals surface area contributed by atoms with Gasteiger partial charge in [-0.3, -0.25) is 4.79 Å². The zero-order valence-corrected chi connectivity index (χ0v) is 22.5. The lowest BCUT2D eigenvalue weighted by Crippen LogP contribution is -2.48. The zero-order valence-electron chi connectivity index (χ0n) is 21.6. The van der Waals surface area contributed by atoms with E-state index in [9.17, 15) is 36.3 Å². The molecule has 2 N–H and O–H groups in total. The van der Waals surface area contributed by atoms with Gasteiger partial charge in [0, 0.05) is 36.2 Å². The molecule has 2 aromatic rings. The van der Waals surface area contributed by atoms with Crippen molar-refractivity contribution in [1.29, 1.82) is 0 Å². The third-order valence-corrected chi connectivity index (χ3v) is 8.25. The number of piperidine rings is 1. The molecule has 38 heavy (non-hydrogen) atoms. The van der Waals surface area contributed by atoms with E-state index in [2.05, 4.69) is 19.2 Å². The summed E-state index contributed by atoms with van der Waals surface area (Å²) in [5, 5.41) is 13.4. The number of hydrogen-bond donors (Lipinski definition) is 2. The van der Waals surface area contributed by atoms with E-state index in [1.54, 1.807) is 0 Å². The fraction of sp³-hybridized carbons (Fsp3) is 0.481. The quantitative estimate of drug-likeness (QED) is 0.418. The van der Waals surface area contributed by atoms with E-state index in [1.165, 1.54) is 29.2 Å². The molecular formula is C27H33F3N2O5S.